The number of amides is 1. The summed E-state index contributed by atoms with van der Waals surface area (Å²) in [7, 11) is 0. The van der Waals surface area contributed by atoms with E-state index in [0.29, 0.717) is 43.3 Å². The minimum absolute atomic E-state index is 0. The van der Waals surface area contributed by atoms with Gasteiger partial charge in [0.05, 0.1) is 5.54 Å². The third-order valence-corrected chi connectivity index (χ3v) is 5.45. The van der Waals surface area contributed by atoms with Crippen molar-refractivity contribution in [1.82, 2.24) is 15.1 Å². The van der Waals surface area contributed by atoms with Gasteiger partial charge in [-0.15, -0.1) is 35.8 Å². The lowest BCUT2D eigenvalue weighted by Gasteiger charge is -2.38. The molecule has 1 aliphatic rings. The standard InChI is InChI=1S/C23H24F3N5O2.ClH/c1-22(2,27)21(32)31-13-11-30(12-14-31)20-18-6-4-3-5-17(18)19(28-29-20)15-7-9-16(10-8-15)33-23(24,25)26;/h3-10H,11-14,27H2,1-2H3;1H. The van der Waals surface area contributed by atoms with E-state index in [0.717, 1.165) is 10.8 Å². The van der Waals surface area contributed by atoms with E-state index in [2.05, 4.69) is 19.8 Å². The number of piperazine rings is 1. The fourth-order valence-corrected chi connectivity index (χ4v) is 3.88. The molecule has 11 heteroatoms. The first-order chi connectivity index (χ1) is 15.5. The van der Waals surface area contributed by atoms with Crippen LogP contribution in [0.5, 0.6) is 5.75 Å². The highest BCUT2D eigenvalue weighted by molar-refractivity contribution is 6.00. The second-order valence-corrected chi connectivity index (χ2v) is 8.49. The van der Waals surface area contributed by atoms with Crippen LogP contribution < -0.4 is 15.4 Å². The fraction of sp³-hybridized carbons (Fsp3) is 0.348. The highest BCUT2D eigenvalue weighted by atomic mass is 35.5. The van der Waals surface area contributed by atoms with Gasteiger partial charge in [-0.3, -0.25) is 4.79 Å². The Kier molecular flexibility index (Phi) is 7.23. The number of alkyl halides is 3. The van der Waals surface area contributed by atoms with E-state index in [4.69, 9.17) is 5.73 Å². The summed E-state index contributed by atoms with van der Waals surface area (Å²) in [6.45, 7) is 5.62. The Morgan fingerprint density at radius 2 is 1.53 bits per heavy atom. The van der Waals surface area contributed by atoms with Crippen LogP contribution in [-0.4, -0.2) is 59.1 Å². The molecular formula is C23H25ClF3N5O2. The van der Waals surface area contributed by atoms with E-state index in [-0.39, 0.29) is 24.1 Å². The smallest absolute Gasteiger partial charge is 0.406 e. The summed E-state index contributed by atoms with van der Waals surface area (Å²) in [6.07, 6.45) is -4.75. The number of rotatable bonds is 4. The SMILES string of the molecule is CC(C)(N)C(=O)N1CCN(c2nnc(-c3ccc(OC(F)(F)F)cc3)c3ccccc23)CC1.Cl. The lowest BCUT2D eigenvalue weighted by molar-refractivity contribution is -0.274. The lowest BCUT2D eigenvalue weighted by atomic mass is 10.0. The second-order valence-electron chi connectivity index (χ2n) is 8.49. The predicted molar refractivity (Wildman–Crippen MR) is 126 cm³/mol. The quantitative estimate of drug-likeness (QED) is 0.589. The number of anilines is 1. The van der Waals surface area contributed by atoms with Gasteiger partial charge in [-0.2, -0.15) is 0 Å². The molecule has 1 fully saturated rings. The van der Waals surface area contributed by atoms with E-state index < -0.39 is 11.9 Å². The molecule has 1 amide bonds. The summed E-state index contributed by atoms with van der Waals surface area (Å²) >= 11 is 0. The normalized spacial score (nSPS) is 14.6. The van der Waals surface area contributed by atoms with Crippen LogP contribution in [0, 0.1) is 0 Å². The summed E-state index contributed by atoms with van der Waals surface area (Å²) < 4.78 is 41.3. The second kappa shape index (κ2) is 9.63. The monoisotopic (exact) mass is 495 g/mol. The van der Waals surface area contributed by atoms with Gasteiger partial charge < -0.3 is 20.3 Å². The lowest BCUT2D eigenvalue weighted by Crippen LogP contribution is -2.57. The maximum Gasteiger partial charge on any atom is 0.573 e. The minimum atomic E-state index is -4.75. The average Bonchev–Trinajstić information content (AvgIpc) is 2.77. The predicted octanol–water partition coefficient (Wildman–Crippen LogP) is 4.00. The largest absolute Gasteiger partial charge is 0.573 e. The van der Waals surface area contributed by atoms with Gasteiger partial charge in [0.25, 0.3) is 0 Å². The highest BCUT2D eigenvalue weighted by Gasteiger charge is 2.32. The van der Waals surface area contributed by atoms with Crippen LogP contribution in [0.4, 0.5) is 19.0 Å². The van der Waals surface area contributed by atoms with Crippen LogP contribution in [0.25, 0.3) is 22.0 Å². The van der Waals surface area contributed by atoms with Crippen molar-refractivity contribution in [3.05, 3.63) is 48.5 Å². The number of halogens is 4. The van der Waals surface area contributed by atoms with E-state index in [1.807, 2.05) is 24.3 Å². The molecular weight excluding hydrogens is 471 g/mol. The molecule has 4 rings (SSSR count). The molecule has 2 N–H and O–H groups in total. The van der Waals surface area contributed by atoms with Crippen molar-refractivity contribution in [1.29, 1.82) is 0 Å². The molecule has 1 saturated heterocycles. The van der Waals surface area contributed by atoms with Gasteiger partial charge in [-0.05, 0) is 38.1 Å². The van der Waals surface area contributed by atoms with E-state index in [1.54, 1.807) is 18.7 Å². The van der Waals surface area contributed by atoms with E-state index in [9.17, 15) is 18.0 Å². The van der Waals surface area contributed by atoms with Crippen LogP contribution in [0.2, 0.25) is 0 Å². The summed E-state index contributed by atoms with van der Waals surface area (Å²) in [6, 6.07) is 13.2. The number of benzene rings is 2. The zero-order valence-corrected chi connectivity index (χ0v) is 19.5. The summed E-state index contributed by atoms with van der Waals surface area (Å²) in [4.78, 5) is 16.3. The van der Waals surface area contributed by atoms with Crippen molar-refractivity contribution in [3.63, 3.8) is 0 Å². The molecule has 0 aliphatic carbocycles. The zero-order valence-electron chi connectivity index (χ0n) is 18.7. The van der Waals surface area contributed by atoms with Crippen molar-refractivity contribution in [2.24, 2.45) is 5.73 Å². The Balaban J connectivity index is 0.00000324. The van der Waals surface area contributed by atoms with Crippen LogP contribution in [0.1, 0.15) is 13.8 Å². The van der Waals surface area contributed by atoms with E-state index >= 15 is 0 Å². The van der Waals surface area contributed by atoms with Crippen molar-refractivity contribution < 1.29 is 22.7 Å². The molecule has 0 bridgehead atoms. The van der Waals surface area contributed by atoms with Gasteiger partial charge in [-0.1, -0.05) is 24.3 Å². The van der Waals surface area contributed by atoms with Crippen molar-refractivity contribution in [3.8, 4) is 17.0 Å². The first-order valence-electron chi connectivity index (χ1n) is 10.5. The van der Waals surface area contributed by atoms with Crippen molar-refractivity contribution in [2.45, 2.75) is 25.7 Å². The third kappa shape index (κ3) is 5.51. The summed E-state index contributed by atoms with van der Waals surface area (Å²) in [5, 5.41) is 10.5. The molecule has 34 heavy (non-hydrogen) atoms. The molecule has 0 spiro atoms. The van der Waals surface area contributed by atoms with Gasteiger partial charge >= 0.3 is 6.36 Å². The number of hydrogen-bond acceptors (Lipinski definition) is 6. The van der Waals surface area contributed by atoms with Crippen LogP contribution in [-0.2, 0) is 4.79 Å². The molecule has 0 atom stereocenters. The first kappa shape index (κ1) is 25.5. The molecule has 7 nitrogen and oxygen atoms in total. The summed E-state index contributed by atoms with van der Waals surface area (Å²) in [5.41, 5.74) is 6.22. The Morgan fingerprint density at radius 1 is 0.941 bits per heavy atom. The number of nitrogens with two attached hydrogens (primary N) is 1. The maximum atomic E-state index is 12.5. The zero-order chi connectivity index (χ0) is 23.8. The minimum Gasteiger partial charge on any atom is -0.406 e. The Morgan fingerprint density at radius 3 is 2.09 bits per heavy atom. The number of fused-ring (bicyclic) bond motifs is 1. The Labute approximate surface area is 201 Å². The van der Waals surface area contributed by atoms with Gasteiger partial charge in [0, 0.05) is 42.5 Å². The van der Waals surface area contributed by atoms with Crippen molar-refractivity contribution in [2.75, 3.05) is 31.1 Å². The maximum absolute atomic E-state index is 12.5. The van der Waals surface area contributed by atoms with Gasteiger partial charge in [0.1, 0.15) is 11.4 Å². The molecule has 0 radical (unpaired) electrons. The molecule has 1 aromatic heterocycles. The molecule has 0 unspecified atom stereocenters. The summed E-state index contributed by atoms with van der Waals surface area (Å²) in [5.74, 6) is 0.310. The van der Waals surface area contributed by atoms with E-state index in [1.165, 1.54) is 24.3 Å². The van der Waals surface area contributed by atoms with Gasteiger partial charge in [-0.25, -0.2) is 0 Å². The molecule has 2 heterocycles. The van der Waals surface area contributed by atoms with Crippen LogP contribution in [0.15, 0.2) is 48.5 Å². The average molecular weight is 496 g/mol. The fourth-order valence-electron chi connectivity index (χ4n) is 3.88. The number of hydrogen-bond donors (Lipinski definition) is 1. The number of carbonyl (C=O) groups excluding carboxylic acids is 1. The molecule has 3 aromatic rings. The Hall–Kier alpha value is -3.11. The Bertz CT molecular complexity index is 1160. The number of nitrogens with zero attached hydrogens (tertiary/aromatic N) is 4. The molecule has 1 aliphatic heterocycles. The molecule has 0 saturated carbocycles. The highest BCUT2D eigenvalue weighted by Crippen LogP contribution is 2.33. The van der Waals surface area contributed by atoms with Crippen molar-refractivity contribution >= 4 is 34.9 Å². The molecule has 182 valence electrons. The van der Waals surface area contributed by atoms with Gasteiger partial charge in [0.2, 0.25) is 5.91 Å². The number of carbonyl (C=O) groups is 1. The van der Waals surface area contributed by atoms with Gasteiger partial charge in [0.15, 0.2) is 5.82 Å². The first-order valence-corrected chi connectivity index (χ1v) is 10.5. The number of aromatic nitrogens is 2. The number of ether oxygens (including phenoxy) is 1. The van der Waals surface area contributed by atoms with Crippen LogP contribution >= 0.6 is 12.4 Å². The van der Waals surface area contributed by atoms with Crippen LogP contribution in [0.3, 0.4) is 0 Å². The third-order valence-electron chi connectivity index (χ3n) is 5.45. The topological polar surface area (TPSA) is 84.6 Å². The molecule has 2 aromatic carbocycles.